The number of aromatic nitrogens is 3. The normalized spacial score (nSPS) is 15.7. The average molecular weight is 242 g/mol. The third kappa shape index (κ3) is 1.82. The fourth-order valence-electron chi connectivity index (χ4n) is 2.82. The van der Waals surface area contributed by atoms with Crippen LogP contribution in [0.25, 0.3) is 0 Å². The summed E-state index contributed by atoms with van der Waals surface area (Å²) >= 11 is 0. The molecule has 1 aliphatic carbocycles. The molecule has 1 aromatic heterocycles. The Kier molecular flexibility index (Phi) is 2.88. The maximum absolute atomic E-state index is 4.01. The van der Waals surface area contributed by atoms with Crippen molar-refractivity contribution in [2.45, 2.75) is 25.3 Å². The molecule has 0 bridgehead atoms. The Bertz CT molecular complexity index is 559. The van der Waals surface area contributed by atoms with Crippen molar-refractivity contribution in [3.63, 3.8) is 0 Å². The summed E-state index contributed by atoms with van der Waals surface area (Å²) in [5.41, 5.74) is 5.40. The number of nitrogens with one attached hydrogen (secondary N) is 1. The van der Waals surface area contributed by atoms with Crippen molar-refractivity contribution in [3.8, 4) is 0 Å². The van der Waals surface area contributed by atoms with Gasteiger partial charge in [0.2, 0.25) is 0 Å². The summed E-state index contributed by atoms with van der Waals surface area (Å²) in [6.07, 6.45) is 5.56. The van der Waals surface area contributed by atoms with Gasteiger partial charge in [0.15, 0.2) is 0 Å². The van der Waals surface area contributed by atoms with Crippen LogP contribution in [0.4, 0.5) is 0 Å². The maximum atomic E-state index is 4.01. The van der Waals surface area contributed by atoms with Gasteiger partial charge in [-0.25, -0.2) is 0 Å². The Hall–Kier alpha value is -1.68. The van der Waals surface area contributed by atoms with Crippen molar-refractivity contribution >= 4 is 0 Å². The molecule has 1 aromatic carbocycles. The van der Waals surface area contributed by atoms with Crippen molar-refractivity contribution in [2.24, 2.45) is 7.05 Å². The molecular formula is C14H18N4. The van der Waals surface area contributed by atoms with E-state index in [2.05, 4.69) is 33.8 Å². The molecule has 0 spiro atoms. The van der Waals surface area contributed by atoms with E-state index in [4.69, 9.17) is 0 Å². The zero-order chi connectivity index (χ0) is 12.5. The minimum Gasteiger partial charge on any atom is -0.308 e. The second-order valence-electron chi connectivity index (χ2n) is 4.89. The van der Waals surface area contributed by atoms with Gasteiger partial charge >= 0.3 is 0 Å². The summed E-state index contributed by atoms with van der Waals surface area (Å²) in [4.78, 5) is 0. The van der Waals surface area contributed by atoms with Crippen molar-refractivity contribution < 1.29 is 0 Å². The third-order valence-corrected chi connectivity index (χ3v) is 3.79. The molecule has 2 aromatic rings. The smallest absolute Gasteiger partial charge is 0.0798 e. The van der Waals surface area contributed by atoms with Gasteiger partial charge in [-0.15, -0.1) is 5.10 Å². The average Bonchev–Trinajstić information content (AvgIpc) is 2.99. The Morgan fingerprint density at radius 1 is 1.28 bits per heavy atom. The van der Waals surface area contributed by atoms with Crippen LogP contribution >= 0.6 is 0 Å². The van der Waals surface area contributed by atoms with Gasteiger partial charge in [-0.2, -0.15) is 0 Å². The summed E-state index contributed by atoms with van der Waals surface area (Å²) < 4.78 is 1.83. The second kappa shape index (κ2) is 4.53. The topological polar surface area (TPSA) is 42.7 Å². The lowest BCUT2D eigenvalue weighted by atomic mass is 9.99. The highest BCUT2D eigenvalue weighted by molar-refractivity contribution is 5.38. The van der Waals surface area contributed by atoms with Crippen LogP contribution in [-0.2, 0) is 19.9 Å². The van der Waals surface area contributed by atoms with E-state index in [1.165, 1.54) is 36.0 Å². The van der Waals surface area contributed by atoms with E-state index in [1.54, 1.807) is 0 Å². The van der Waals surface area contributed by atoms with Crippen molar-refractivity contribution in [2.75, 3.05) is 7.05 Å². The summed E-state index contributed by atoms with van der Waals surface area (Å²) in [7, 11) is 3.91. The highest BCUT2D eigenvalue weighted by atomic mass is 15.4. The third-order valence-electron chi connectivity index (χ3n) is 3.79. The summed E-state index contributed by atoms with van der Waals surface area (Å²) in [5.74, 6) is 0. The number of hydrogen-bond donors (Lipinski definition) is 1. The van der Waals surface area contributed by atoms with E-state index in [0.717, 1.165) is 5.69 Å². The van der Waals surface area contributed by atoms with Gasteiger partial charge in [-0.3, -0.25) is 4.68 Å². The van der Waals surface area contributed by atoms with Crippen molar-refractivity contribution in [1.82, 2.24) is 20.3 Å². The largest absolute Gasteiger partial charge is 0.308 e. The van der Waals surface area contributed by atoms with E-state index in [0.29, 0.717) is 0 Å². The second-order valence-corrected chi connectivity index (χ2v) is 4.89. The molecule has 1 atom stereocenters. The number of benzene rings is 1. The highest BCUT2D eigenvalue weighted by Crippen LogP contribution is 2.27. The van der Waals surface area contributed by atoms with Crippen LogP contribution in [0.3, 0.4) is 0 Å². The SMILES string of the molecule is CNC(c1ccc2c(c1)CCC2)c1cnnn1C. The molecule has 0 amide bonds. The van der Waals surface area contributed by atoms with Crippen LogP contribution < -0.4 is 5.32 Å². The lowest BCUT2D eigenvalue weighted by Crippen LogP contribution is -2.20. The highest BCUT2D eigenvalue weighted by Gasteiger charge is 2.18. The number of aryl methyl sites for hydroxylation is 3. The zero-order valence-corrected chi connectivity index (χ0v) is 10.8. The van der Waals surface area contributed by atoms with Gasteiger partial charge in [0.1, 0.15) is 0 Å². The predicted octanol–water partition coefficient (Wildman–Crippen LogP) is 1.61. The van der Waals surface area contributed by atoms with Crippen molar-refractivity contribution in [1.29, 1.82) is 0 Å². The van der Waals surface area contributed by atoms with Gasteiger partial charge in [0.05, 0.1) is 17.9 Å². The summed E-state index contributed by atoms with van der Waals surface area (Å²) in [5, 5.41) is 11.3. The summed E-state index contributed by atoms with van der Waals surface area (Å²) in [6.45, 7) is 0. The lowest BCUT2D eigenvalue weighted by Gasteiger charge is -2.17. The van der Waals surface area contributed by atoms with Crippen LogP contribution in [0.2, 0.25) is 0 Å². The quantitative estimate of drug-likeness (QED) is 0.889. The predicted molar refractivity (Wildman–Crippen MR) is 70.4 cm³/mol. The van der Waals surface area contributed by atoms with Crippen LogP contribution in [0.5, 0.6) is 0 Å². The minimum atomic E-state index is 0.163. The van der Waals surface area contributed by atoms with E-state index in [1.807, 2.05) is 25.0 Å². The zero-order valence-electron chi connectivity index (χ0n) is 10.8. The first-order chi connectivity index (χ1) is 8.79. The van der Waals surface area contributed by atoms with Gasteiger partial charge in [-0.1, -0.05) is 23.4 Å². The molecule has 0 radical (unpaired) electrons. The maximum Gasteiger partial charge on any atom is 0.0798 e. The Morgan fingerprint density at radius 2 is 2.11 bits per heavy atom. The monoisotopic (exact) mass is 242 g/mol. The molecule has 0 fully saturated rings. The molecule has 94 valence electrons. The number of nitrogens with zero attached hydrogens (tertiary/aromatic N) is 3. The first-order valence-electron chi connectivity index (χ1n) is 6.43. The first kappa shape index (κ1) is 11.4. The standard InChI is InChI=1S/C14H18N4/c1-15-14(13-9-16-17-18(13)2)12-7-6-10-4-3-5-11(10)8-12/h6-9,14-15H,3-5H2,1-2H3. The molecule has 4 nitrogen and oxygen atoms in total. The van der Waals surface area contributed by atoms with E-state index in [9.17, 15) is 0 Å². The first-order valence-corrected chi connectivity index (χ1v) is 6.43. The number of hydrogen-bond acceptors (Lipinski definition) is 3. The van der Waals surface area contributed by atoms with E-state index >= 15 is 0 Å². The Labute approximate surface area is 107 Å². The molecular weight excluding hydrogens is 224 g/mol. The van der Waals surface area contributed by atoms with Crippen molar-refractivity contribution in [3.05, 3.63) is 46.8 Å². The Morgan fingerprint density at radius 3 is 2.83 bits per heavy atom. The molecule has 0 saturated heterocycles. The fourth-order valence-corrected chi connectivity index (χ4v) is 2.82. The molecule has 0 aliphatic heterocycles. The van der Waals surface area contributed by atoms with Gasteiger partial charge < -0.3 is 5.32 Å². The van der Waals surface area contributed by atoms with Crippen LogP contribution in [-0.4, -0.2) is 22.0 Å². The van der Waals surface area contributed by atoms with Crippen LogP contribution in [0.15, 0.2) is 24.4 Å². The van der Waals surface area contributed by atoms with Gasteiger partial charge in [-0.05, 0) is 43.0 Å². The molecule has 3 rings (SSSR count). The molecule has 1 aliphatic rings. The summed E-state index contributed by atoms with van der Waals surface area (Å²) in [6, 6.07) is 6.98. The van der Waals surface area contributed by atoms with E-state index in [-0.39, 0.29) is 6.04 Å². The Balaban J connectivity index is 2.00. The molecule has 1 unspecified atom stereocenters. The molecule has 1 heterocycles. The lowest BCUT2D eigenvalue weighted by molar-refractivity contribution is 0.597. The van der Waals surface area contributed by atoms with Crippen LogP contribution in [0.1, 0.15) is 34.8 Å². The van der Waals surface area contributed by atoms with Gasteiger partial charge in [0, 0.05) is 7.05 Å². The molecule has 0 saturated carbocycles. The molecule has 1 N–H and O–H groups in total. The van der Waals surface area contributed by atoms with Crippen LogP contribution in [0, 0.1) is 0 Å². The minimum absolute atomic E-state index is 0.163. The number of rotatable bonds is 3. The molecule has 18 heavy (non-hydrogen) atoms. The van der Waals surface area contributed by atoms with Gasteiger partial charge in [0.25, 0.3) is 0 Å². The number of fused-ring (bicyclic) bond motifs is 1. The van der Waals surface area contributed by atoms with E-state index < -0.39 is 0 Å². The fraction of sp³-hybridized carbons (Fsp3) is 0.429. The molecule has 4 heteroatoms.